The summed E-state index contributed by atoms with van der Waals surface area (Å²) in [7, 11) is 0. The summed E-state index contributed by atoms with van der Waals surface area (Å²) in [6, 6.07) is 7.59. The third-order valence-electron chi connectivity index (χ3n) is 5.58. The van der Waals surface area contributed by atoms with Crippen molar-refractivity contribution in [2.45, 2.75) is 27.7 Å². The van der Waals surface area contributed by atoms with Crippen molar-refractivity contribution in [1.29, 1.82) is 0 Å². The van der Waals surface area contributed by atoms with Gasteiger partial charge in [-0.15, -0.1) is 0 Å². The number of hydrogen-bond acceptors (Lipinski definition) is 5. The molecule has 3 rings (SSSR count). The molecule has 0 atom stereocenters. The van der Waals surface area contributed by atoms with E-state index in [1.165, 1.54) is 6.08 Å². The van der Waals surface area contributed by atoms with Gasteiger partial charge >= 0.3 is 0 Å². The van der Waals surface area contributed by atoms with Crippen LogP contribution in [0.25, 0.3) is 5.57 Å². The first-order chi connectivity index (χ1) is 14.0. The molecule has 0 radical (unpaired) electrons. The van der Waals surface area contributed by atoms with Crippen LogP contribution in [0.5, 0.6) is 0 Å². The highest BCUT2D eigenvalue weighted by molar-refractivity contribution is 6.41. The maximum absolute atomic E-state index is 12.8. The summed E-state index contributed by atoms with van der Waals surface area (Å²) in [4.78, 5) is 29.6. The monoisotopic (exact) mass is 392 g/mol. The van der Waals surface area contributed by atoms with Gasteiger partial charge in [0.05, 0.1) is 11.1 Å². The van der Waals surface area contributed by atoms with Crippen molar-refractivity contribution >= 4 is 22.8 Å². The minimum absolute atomic E-state index is 0.0988. The number of likely N-dealkylation sites (N-methyl/N-ethyl adjacent to an activating group) is 1. The maximum Gasteiger partial charge on any atom is 0.201 e. The van der Waals surface area contributed by atoms with Crippen molar-refractivity contribution < 1.29 is 14.7 Å². The van der Waals surface area contributed by atoms with E-state index in [4.69, 9.17) is 0 Å². The van der Waals surface area contributed by atoms with Crippen LogP contribution in [-0.2, 0) is 9.59 Å². The zero-order chi connectivity index (χ0) is 21.1. The zero-order valence-electron chi connectivity index (χ0n) is 17.5. The number of nitrogens with zero attached hydrogens (tertiary/aromatic N) is 2. The van der Waals surface area contributed by atoms with Crippen molar-refractivity contribution in [2.75, 3.05) is 31.1 Å². The number of carbonyl (C=O) groups is 2. The van der Waals surface area contributed by atoms with E-state index in [0.717, 1.165) is 37.6 Å². The number of hydrogen-bond donors (Lipinski definition) is 1. The first-order valence-electron chi connectivity index (χ1n) is 10.2. The lowest BCUT2D eigenvalue weighted by molar-refractivity contribution is -0.114. The Morgan fingerprint density at radius 1 is 0.793 bits per heavy atom. The Bertz CT molecular complexity index is 941. The van der Waals surface area contributed by atoms with Crippen LogP contribution in [-0.4, -0.2) is 47.8 Å². The number of anilines is 1. The molecule has 0 saturated carbocycles. The molecular formula is C24H28N2O3. The Balaban J connectivity index is 1.90. The standard InChI is InChI=1S/C24H28N2O3/c1-5-25(6-2)17-11-9-16(10-12-17)21-23(28)22(24(21)29)19-14-13-18(15-20(19)27)26(7-3)8-4/h9-15,28H,5-8H2,1-4H3/b22-19-. The Morgan fingerprint density at radius 2 is 1.38 bits per heavy atom. The average Bonchev–Trinajstić information content (AvgIpc) is 2.73. The van der Waals surface area contributed by atoms with E-state index in [1.807, 2.05) is 44.2 Å². The molecule has 0 aliphatic heterocycles. The summed E-state index contributed by atoms with van der Waals surface area (Å²) >= 11 is 0. The minimum Gasteiger partial charge on any atom is -0.506 e. The quantitative estimate of drug-likeness (QED) is 0.710. The molecule has 0 fully saturated rings. The van der Waals surface area contributed by atoms with E-state index in [0.29, 0.717) is 5.56 Å². The first kappa shape index (κ1) is 20.6. The second-order valence-electron chi connectivity index (χ2n) is 7.00. The highest BCUT2D eigenvalue weighted by Crippen LogP contribution is 2.39. The maximum atomic E-state index is 12.8. The predicted octanol–water partition coefficient (Wildman–Crippen LogP) is 4.05. The van der Waals surface area contributed by atoms with Crippen LogP contribution in [0.4, 0.5) is 5.69 Å². The van der Waals surface area contributed by atoms with E-state index >= 15 is 0 Å². The highest BCUT2D eigenvalue weighted by Gasteiger charge is 2.38. The Labute approximate surface area is 172 Å². The SMILES string of the molecule is CCN(CC)C1=CC(=O)/C(=C2\C(=O)C(c3ccc(N(CC)CC)cc3)=C2O)C=C1. The van der Waals surface area contributed by atoms with Crippen molar-refractivity contribution in [3.8, 4) is 0 Å². The third kappa shape index (κ3) is 3.65. The van der Waals surface area contributed by atoms with Crippen molar-refractivity contribution in [1.82, 2.24) is 4.90 Å². The molecule has 0 amide bonds. The lowest BCUT2D eigenvalue weighted by atomic mass is 9.79. The Morgan fingerprint density at radius 3 is 1.86 bits per heavy atom. The van der Waals surface area contributed by atoms with Crippen LogP contribution in [0, 0.1) is 0 Å². The molecule has 152 valence electrons. The molecule has 1 aromatic rings. The van der Waals surface area contributed by atoms with Gasteiger partial charge in [0.15, 0.2) is 5.78 Å². The van der Waals surface area contributed by atoms with Crippen LogP contribution in [0.15, 0.2) is 65.1 Å². The third-order valence-corrected chi connectivity index (χ3v) is 5.58. The van der Waals surface area contributed by atoms with E-state index in [9.17, 15) is 14.7 Å². The van der Waals surface area contributed by atoms with Crippen LogP contribution in [0.3, 0.4) is 0 Å². The number of aliphatic hydroxyl groups excluding tert-OH is 1. The van der Waals surface area contributed by atoms with Crippen molar-refractivity contribution in [2.24, 2.45) is 0 Å². The summed E-state index contributed by atoms with van der Waals surface area (Å²) in [5.74, 6) is -0.635. The van der Waals surface area contributed by atoms with Crippen molar-refractivity contribution in [3.05, 3.63) is 70.7 Å². The molecule has 0 heterocycles. The molecule has 1 aromatic carbocycles. The van der Waals surface area contributed by atoms with Gasteiger partial charge in [0.25, 0.3) is 0 Å². The molecule has 0 aromatic heterocycles. The molecule has 2 aliphatic rings. The van der Waals surface area contributed by atoms with Gasteiger partial charge in [-0.2, -0.15) is 0 Å². The molecule has 2 aliphatic carbocycles. The molecule has 0 bridgehead atoms. The number of carbonyl (C=O) groups excluding carboxylic acids is 2. The summed E-state index contributed by atoms with van der Waals surface area (Å²) in [6.45, 7) is 11.6. The molecule has 29 heavy (non-hydrogen) atoms. The topological polar surface area (TPSA) is 60.9 Å². The average molecular weight is 392 g/mol. The molecule has 0 saturated heterocycles. The van der Waals surface area contributed by atoms with Gasteiger partial charge in [-0.3, -0.25) is 9.59 Å². The van der Waals surface area contributed by atoms with Crippen molar-refractivity contribution in [3.63, 3.8) is 0 Å². The molecule has 5 heteroatoms. The van der Waals surface area contributed by atoms with Gasteiger partial charge in [0.2, 0.25) is 5.78 Å². The highest BCUT2D eigenvalue weighted by atomic mass is 16.3. The molecule has 0 spiro atoms. The molecule has 1 N–H and O–H groups in total. The first-order valence-corrected chi connectivity index (χ1v) is 10.2. The summed E-state index contributed by atoms with van der Waals surface area (Å²) in [5, 5.41) is 10.6. The van der Waals surface area contributed by atoms with Gasteiger partial charge in [-0.05, 0) is 57.5 Å². The smallest absolute Gasteiger partial charge is 0.201 e. The fourth-order valence-corrected chi connectivity index (χ4v) is 3.85. The summed E-state index contributed by atoms with van der Waals surface area (Å²) < 4.78 is 0. The van der Waals surface area contributed by atoms with E-state index in [-0.39, 0.29) is 34.0 Å². The normalized spacial score (nSPS) is 18.7. The fraction of sp³-hybridized carbons (Fsp3) is 0.333. The minimum atomic E-state index is -0.286. The lowest BCUT2D eigenvalue weighted by Crippen LogP contribution is -2.27. The van der Waals surface area contributed by atoms with E-state index in [2.05, 4.69) is 23.6 Å². The van der Waals surface area contributed by atoms with Crippen LogP contribution < -0.4 is 4.90 Å². The van der Waals surface area contributed by atoms with Gasteiger partial charge < -0.3 is 14.9 Å². The number of benzene rings is 1. The van der Waals surface area contributed by atoms with Crippen LogP contribution in [0.2, 0.25) is 0 Å². The number of ketones is 2. The lowest BCUT2D eigenvalue weighted by Gasteiger charge is -2.27. The zero-order valence-corrected chi connectivity index (χ0v) is 17.5. The second-order valence-corrected chi connectivity index (χ2v) is 7.00. The Hall–Kier alpha value is -3.08. The number of aliphatic hydroxyl groups is 1. The van der Waals surface area contributed by atoms with Gasteiger partial charge in [-0.25, -0.2) is 0 Å². The Kier molecular flexibility index (Phi) is 6.06. The molecule has 5 nitrogen and oxygen atoms in total. The number of rotatable bonds is 7. The number of allylic oxidation sites excluding steroid dienone is 6. The largest absolute Gasteiger partial charge is 0.506 e. The van der Waals surface area contributed by atoms with E-state index < -0.39 is 0 Å². The fourth-order valence-electron chi connectivity index (χ4n) is 3.85. The summed E-state index contributed by atoms with van der Waals surface area (Å²) in [6.07, 6.45) is 5.00. The van der Waals surface area contributed by atoms with E-state index in [1.54, 1.807) is 6.08 Å². The summed E-state index contributed by atoms with van der Waals surface area (Å²) in [5.41, 5.74) is 3.21. The predicted molar refractivity (Wildman–Crippen MR) is 117 cm³/mol. The second kappa shape index (κ2) is 8.52. The van der Waals surface area contributed by atoms with Gasteiger partial charge in [-0.1, -0.05) is 12.1 Å². The van der Waals surface area contributed by atoms with Gasteiger partial charge in [0.1, 0.15) is 5.76 Å². The van der Waals surface area contributed by atoms with Crippen LogP contribution in [0.1, 0.15) is 33.3 Å². The molecule has 0 unspecified atom stereocenters. The van der Waals surface area contributed by atoms with Crippen LogP contribution >= 0.6 is 0 Å². The van der Waals surface area contributed by atoms with Gasteiger partial charge in [0, 0.05) is 49.2 Å². The number of Topliss-reactive ketones (excluding diaryl/α,β-unsaturated/α-hetero) is 1. The molecular weight excluding hydrogens is 364 g/mol.